The number of hydrogen-bond donors (Lipinski definition) is 2. The molecule has 1 aliphatic rings. The molecule has 4 nitrogen and oxygen atoms in total. The SMILES string of the molecule is O=C(O)C[C@]1(Cl)c2ccc(O)cc2OC1Cl. The average Bonchev–Trinajstić information content (AvgIpc) is 2.37. The van der Waals surface area contributed by atoms with Crippen LogP contribution in [0, 0.1) is 0 Å². The fourth-order valence-corrected chi connectivity index (χ4v) is 2.28. The molecule has 0 amide bonds. The Balaban J connectivity index is 2.46. The Morgan fingerprint density at radius 1 is 1.56 bits per heavy atom. The van der Waals surface area contributed by atoms with Crippen LogP contribution in [-0.4, -0.2) is 21.7 Å². The van der Waals surface area contributed by atoms with Crippen LogP contribution in [0.25, 0.3) is 0 Å². The van der Waals surface area contributed by atoms with Crippen LogP contribution in [0.3, 0.4) is 0 Å². The zero-order valence-corrected chi connectivity index (χ0v) is 9.50. The Labute approximate surface area is 101 Å². The summed E-state index contributed by atoms with van der Waals surface area (Å²) in [4.78, 5) is 9.44. The van der Waals surface area contributed by atoms with Gasteiger partial charge >= 0.3 is 5.97 Å². The number of phenols is 1. The van der Waals surface area contributed by atoms with Crippen LogP contribution in [0.5, 0.6) is 11.5 Å². The van der Waals surface area contributed by atoms with Crippen molar-refractivity contribution in [1.82, 2.24) is 0 Å². The molecule has 0 radical (unpaired) electrons. The van der Waals surface area contributed by atoms with Crippen LogP contribution in [0.1, 0.15) is 12.0 Å². The Bertz CT molecular complexity index is 448. The van der Waals surface area contributed by atoms with Gasteiger partial charge in [-0.15, -0.1) is 11.6 Å². The molecule has 1 aromatic rings. The number of ether oxygens (including phenoxy) is 1. The molecule has 6 heteroatoms. The third-order valence-electron chi connectivity index (χ3n) is 2.41. The van der Waals surface area contributed by atoms with Gasteiger partial charge in [0.1, 0.15) is 16.4 Å². The Morgan fingerprint density at radius 2 is 2.25 bits per heavy atom. The van der Waals surface area contributed by atoms with Gasteiger partial charge in [0.05, 0.1) is 6.42 Å². The minimum Gasteiger partial charge on any atom is -0.508 e. The minimum atomic E-state index is -1.30. The lowest BCUT2D eigenvalue weighted by Gasteiger charge is -2.21. The van der Waals surface area contributed by atoms with Gasteiger partial charge in [-0.05, 0) is 12.1 Å². The van der Waals surface area contributed by atoms with Crippen molar-refractivity contribution in [2.24, 2.45) is 0 Å². The lowest BCUT2D eigenvalue weighted by Crippen LogP contribution is -2.30. The lowest BCUT2D eigenvalue weighted by molar-refractivity contribution is -0.138. The van der Waals surface area contributed by atoms with Crippen LogP contribution in [0.15, 0.2) is 18.2 Å². The van der Waals surface area contributed by atoms with Gasteiger partial charge in [0, 0.05) is 11.6 Å². The van der Waals surface area contributed by atoms with E-state index in [1.807, 2.05) is 0 Å². The van der Waals surface area contributed by atoms with E-state index in [0.29, 0.717) is 11.3 Å². The molecule has 0 spiro atoms. The minimum absolute atomic E-state index is 0.0128. The molecular weight excluding hydrogens is 255 g/mol. The fraction of sp³-hybridized carbons (Fsp3) is 0.300. The van der Waals surface area contributed by atoms with Crippen LogP contribution in [0.2, 0.25) is 0 Å². The summed E-state index contributed by atoms with van der Waals surface area (Å²) in [5.41, 5.74) is -0.489. The molecule has 86 valence electrons. The summed E-state index contributed by atoms with van der Waals surface area (Å²) in [5, 5.41) is 18.0. The van der Waals surface area contributed by atoms with Crippen molar-refractivity contribution in [3.63, 3.8) is 0 Å². The Kier molecular flexibility index (Phi) is 2.64. The van der Waals surface area contributed by atoms with Crippen molar-refractivity contribution in [3.8, 4) is 11.5 Å². The number of fused-ring (bicyclic) bond motifs is 1. The zero-order chi connectivity index (χ0) is 11.9. The van der Waals surface area contributed by atoms with Gasteiger partial charge in [-0.25, -0.2) is 0 Å². The second-order valence-corrected chi connectivity index (χ2v) is 4.62. The molecule has 1 aliphatic heterocycles. The molecule has 0 aromatic heterocycles. The highest BCUT2D eigenvalue weighted by molar-refractivity contribution is 6.33. The smallest absolute Gasteiger partial charge is 0.305 e. The summed E-state index contributed by atoms with van der Waals surface area (Å²) in [5.74, 6) is -0.736. The number of carboxylic acids is 1. The highest BCUT2D eigenvalue weighted by Crippen LogP contribution is 2.50. The van der Waals surface area contributed by atoms with Crippen LogP contribution in [0.4, 0.5) is 0 Å². The number of benzene rings is 1. The van der Waals surface area contributed by atoms with Gasteiger partial charge in [0.25, 0.3) is 0 Å². The molecule has 1 unspecified atom stereocenters. The highest BCUT2D eigenvalue weighted by Gasteiger charge is 2.48. The van der Waals surface area contributed by atoms with Gasteiger partial charge in [0.15, 0.2) is 5.56 Å². The summed E-state index contributed by atoms with van der Waals surface area (Å²) >= 11 is 12.1. The van der Waals surface area contributed by atoms with E-state index in [-0.39, 0.29) is 12.2 Å². The number of aromatic hydroxyl groups is 1. The first kappa shape index (κ1) is 11.4. The number of halogens is 2. The van der Waals surface area contributed by atoms with E-state index < -0.39 is 16.4 Å². The Morgan fingerprint density at radius 3 is 2.88 bits per heavy atom. The molecule has 1 aromatic carbocycles. The second-order valence-electron chi connectivity index (χ2n) is 3.55. The maximum atomic E-state index is 10.7. The molecule has 0 saturated heterocycles. The lowest BCUT2D eigenvalue weighted by atomic mass is 9.96. The number of hydrogen-bond acceptors (Lipinski definition) is 3. The van der Waals surface area contributed by atoms with E-state index in [2.05, 4.69) is 0 Å². The van der Waals surface area contributed by atoms with Crippen molar-refractivity contribution in [2.75, 3.05) is 0 Å². The van der Waals surface area contributed by atoms with Crippen molar-refractivity contribution < 1.29 is 19.7 Å². The van der Waals surface area contributed by atoms with E-state index in [1.54, 1.807) is 0 Å². The predicted molar refractivity (Wildman–Crippen MR) is 58.2 cm³/mol. The number of alkyl halides is 2. The quantitative estimate of drug-likeness (QED) is 0.803. The molecule has 2 atom stereocenters. The summed E-state index contributed by atoms with van der Waals surface area (Å²) in [6.45, 7) is 0. The molecule has 2 N–H and O–H groups in total. The van der Waals surface area contributed by atoms with E-state index in [0.717, 1.165) is 0 Å². The molecule has 0 aliphatic carbocycles. The molecule has 2 rings (SSSR count). The topological polar surface area (TPSA) is 66.8 Å². The second kappa shape index (κ2) is 3.71. The predicted octanol–water partition coefficient (Wildman–Crippen LogP) is 2.26. The van der Waals surface area contributed by atoms with E-state index in [1.165, 1.54) is 18.2 Å². The molecule has 1 heterocycles. The van der Waals surface area contributed by atoms with Crippen molar-refractivity contribution in [2.45, 2.75) is 16.9 Å². The number of carboxylic acid groups (broad SMARTS) is 1. The third kappa shape index (κ3) is 1.68. The molecule has 16 heavy (non-hydrogen) atoms. The maximum absolute atomic E-state index is 10.7. The molecular formula is C10H8Cl2O4. The fourth-order valence-electron chi connectivity index (χ4n) is 1.67. The summed E-state index contributed by atoms with van der Waals surface area (Å²) in [6, 6.07) is 4.29. The van der Waals surface area contributed by atoms with Gasteiger partial charge < -0.3 is 14.9 Å². The van der Waals surface area contributed by atoms with E-state index in [4.69, 9.17) is 33.0 Å². The Hall–Kier alpha value is -1.13. The number of carbonyl (C=O) groups is 1. The van der Waals surface area contributed by atoms with Crippen LogP contribution < -0.4 is 4.74 Å². The van der Waals surface area contributed by atoms with Gasteiger partial charge in [-0.1, -0.05) is 11.6 Å². The first-order valence-corrected chi connectivity index (χ1v) is 5.30. The van der Waals surface area contributed by atoms with Crippen molar-refractivity contribution >= 4 is 29.2 Å². The van der Waals surface area contributed by atoms with Crippen LogP contribution >= 0.6 is 23.2 Å². The third-order valence-corrected chi connectivity index (χ3v) is 3.52. The van der Waals surface area contributed by atoms with Gasteiger partial charge in [-0.3, -0.25) is 4.79 Å². The highest BCUT2D eigenvalue weighted by atomic mass is 35.5. The van der Waals surface area contributed by atoms with Gasteiger partial charge in [0.2, 0.25) is 0 Å². The summed E-state index contributed by atoms with van der Waals surface area (Å²) in [6.07, 6.45) is -0.347. The first-order valence-electron chi connectivity index (χ1n) is 4.48. The van der Waals surface area contributed by atoms with Crippen molar-refractivity contribution in [3.05, 3.63) is 23.8 Å². The molecule has 0 saturated carbocycles. The monoisotopic (exact) mass is 262 g/mol. The van der Waals surface area contributed by atoms with E-state index >= 15 is 0 Å². The summed E-state index contributed by atoms with van der Waals surface area (Å²) in [7, 11) is 0. The zero-order valence-electron chi connectivity index (χ0n) is 7.98. The number of phenolic OH excluding ortho intramolecular Hbond substituents is 1. The maximum Gasteiger partial charge on any atom is 0.305 e. The van der Waals surface area contributed by atoms with E-state index in [9.17, 15) is 9.90 Å². The summed E-state index contributed by atoms with van der Waals surface area (Å²) < 4.78 is 5.21. The number of aliphatic carboxylic acids is 1. The van der Waals surface area contributed by atoms with Gasteiger partial charge in [-0.2, -0.15) is 0 Å². The van der Waals surface area contributed by atoms with Crippen molar-refractivity contribution in [1.29, 1.82) is 0 Å². The molecule has 0 fully saturated rings. The standard InChI is InChI=1S/C10H8Cl2O4/c11-9-10(12,4-8(14)15)6-2-1-5(13)3-7(6)16-9/h1-3,9,13H,4H2,(H,14,15)/t9?,10-/m0/s1. The largest absolute Gasteiger partial charge is 0.508 e. The number of rotatable bonds is 2. The van der Waals surface area contributed by atoms with Crippen LogP contribution in [-0.2, 0) is 9.67 Å². The normalized spacial score (nSPS) is 27.2. The average molecular weight is 263 g/mol. The first-order chi connectivity index (χ1) is 7.43. The molecule has 0 bridgehead atoms.